The fourth-order valence-corrected chi connectivity index (χ4v) is 4.72. The second kappa shape index (κ2) is 6.69. The van der Waals surface area contributed by atoms with Crippen LogP contribution in [0.4, 0.5) is 13.6 Å². The van der Waals surface area contributed by atoms with E-state index in [9.17, 15) is 18.4 Å². The number of ether oxygens (including phenoxy) is 1. The Morgan fingerprint density at radius 2 is 1.93 bits per heavy atom. The number of halogens is 2. The maximum Gasteiger partial charge on any atom is 0.327 e. The molecule has 0 aliphatic carbocycles. The molecule has 6 nitrogen and oxygen atoms in total. The highest BCUT2D eigenvalue weighted by Crippen LogP contribution is 2.45. The average molecular weight is 393 g/mol. The van der Waals surface area contributed by atoms with E-state index >= 15 is 0 Å². The number of rotatable bonds is 5. The summed E-state index contributed by atoms with van der Waals surface area (Å²) in [6.45, 7) is 2.65. The molecule has 0 radical (unpaired) electrons. The summed E-state index contributed by atoms with van der Waals surface area (Å²) in [7, 11) is 1.59. The van der Waals surface area contributed by atoms with Gasteiger partial charge in [-0.25, -0.2) is 13.6 Å². The summed E-state index contributed by atoms with van der Waals surface area (Å²) < 4.78 is 33.0. The van der Waals surface area contributed by atoms with E-state index in [1.165, 1.54) is 6.92 Å². The topological polar surface area (TPSA) is 53.1 Å². The lowest BCUT2D eigenvalue weighted by atomic mass is 9.97. The van der Waals surface area contributed by atoms with Gasteiger partial charge in [-0.15, -0.1) is 0 Å². The van der Waals surface area contributed by atoms with Gasteiger partial charge < -0.3 is 9.64 Å². The molecule has 2 atom stereocenters. The number of likely N-dealkylation sites (tertiary alicyclic amines) is 1. The summed E-state index contributed by atoms with van der Waals surface area (Å²) in [4.78, 5) is 30.3. The van der Waals surface area contributed by atoms with E-state index in [0.29, 0.717) is 5.75 Å². The van der Waals surface area contributed by atoms with E-state index in [2.05, 4.69) is 4.90 Å². The third kappa shape index (κ3) is 3.03. The number of carbonyl (C=O) groups excluding carboxylic acids is 2. The first-order chi connectivity index (χ1) is 13.2. The standard InChI is InChI=1S/C20H25F2N3O3/c1-19-12-20(21,22)13-25(19)18(27)24(17(19)26)11-16(23-8-3-4-9-23)14-6-5-7-15(10-14)28-2/h5-7,10,16H,3-4,8-9,11-13H2,1-2H3. The Labute approximate surface area is 163 Å². The van der Waals surface area contributed by atoms with Crippen molar-refractivity contribution in [2.75, 3.05) is 33.3 Å². The minimum absolute atomic E-state index is 0.155. The number of hydrogen-bond donors (Lipinski definition) is 0. The third-order valence-corrected chi connectivity index (χ3v) is 6.17. The maximum atomic E-state index is 13.9. The van der Waals surface area contributed by atoms with Gasteiger partial charge in [-0.3, -0.25) is 14.6 Å². The smallest absolute Gasteiger partial charge is 0.327 e. The van der Waals surface area contributed by atoms with E-state index in [1.807, 2.05) is 24.3 Å². The predicted molar refractivity (Wildman–Crippen MR) is 98.3 cm³/mol. The van der Waals surface area contributed by atoms with Gasteiger partial charge in [-0.1, -0.05) is 12.1 Å². The van der Waals surface area contributed by atoms with Crippen molar-refractivity contribution in [1.29, 1.82) is 0 Å². The van der Waals surface area contributed by atoms with Gasteiger partial charge in [-0.05, 0) is 50.6 Å². The summed E-state index contributed by atoms with van der Waals surface area (Å²) in [5.74, 6) is -2.84. The number of methoxy groups -OCH3 is 1. The quantitative estimate of drug-likeness (QED) is 0.722. The van der Waals surface area contributed by atoms with Crippen molar-refractivity contribution in [2.24, 2.45) is 0 Å². The lowest BCUT2D eigenvalue weighted by Crippen LogP contribution is -2.44. The van der Waals surface area contributed by atoms with E-state index in [-0.39, 0.29) is 12.6 Å². The Morgan fingerprint density at radius 3 is 2.57 bits per heavy atom. The molecule has 8 heteroatoms. The zero-order chi connectivity index (χ0) is 20.1. The highest BCUT2D eigenvalue weighted by Gasteiger charge is 2.65. The zero-order valence-electron chi connectivity index (χ0n) is 16.2. The summed E-state index contributed by atoms with van der Waals surface area (Å²) in [5.41, 5.74) is -0.505. The van der Waals surface area contributed by atoms with Gasteiger partial charge in [-0.2, -0.15) is 0 Å². The lowest BCUT2D eigenvalue weighted by molar-refractivity contribution is -0.133. The Balaban J connectivity index is 1.62. The van der Waals surface area contributed by atoms with Crippen LogP contribution >= 0.6 is 0 Å². The van der Waals surface area contributed by atoms with Crippen LogP contribution in [-0.2, 0) is 4.79 Å². The lowest BCUT2D eigenvalue weighted by Gasteiger charge is -2.31. The van der Waals surface area contributed by atoms with E-state index < -0.39 is 36.4 Å². The molecular formula is C20H25F2N3O3. The molecule has 1 aromatic carbocycles. The van der Waals surface area contributed by atoms with Crippen molar-refractivity contribution in [3.05, 3.63) is 29.8 Å². The van der Waals surface area contributed by atoms with Crippen LogP contribution in [0.5, 0.6) is 5.75 Å². The number of alkyl halides is 2. The fraction of sp³-hybridized carbons (Fsp3) is 0.600. The van der Waals surface area contributed by atoms with Crippen LogP contribution in [0.2, 0.25) is 0 Å². The molecule has 3 fully saturated rings. The molecule has 0 saturated carbocycles. The Kier molecular flexibility index (Phi) is 4.56. The zero-order valence-corrected chi connectivity index (χ0v) is 16.2. The first-order valence-electron chi connectivity index (χ1n) is 9.65. The number of urea groups is 1. The number of nitrogens with zero attached hydrogens (tertiary/aromatic N) is 3. The molecule has 1 aromatic rings. The third-order valence-electron chi connectivity index (χ3n) is 6.17. The maximum absolute atomic E-state index is 13.9. The van der Waals surface area contributed by atoms with Crippen molar-refractivity contribution in [3.8, 4) is 5.75 Å². The van der Waals surface area contributed by atoms with E-state index in [0.717, 1.165) is 41.3 Å². The Hall–Kier alpha value is -2.22. The van der Waals surface area contributed by atoms with Crippen LogP contribution in [0.3, 0.4) is 0 Å². The predicted octanol–water partition coefficient (Wildman–Crippen LogP) is 2.89. The summed E-state index contributed by atoms with van der Waals surface area (Å²) in [6.07, 6.45) is 1.49. The molecule has 0 aromatic heterocycles. The monoisotopic (exact) mass is 393 g/mol. The number of benzene rings is 1. The number of fused-ring (bicyclic) bond motifs is 1. The Bertz CT molecular complexity index is 797. The molecule has 3 aliphatic heterocycles. The molecule has 2 unspecified atom stereocenters. The van der Waals surface area contributed by atoms with Gasteiger partial charge in [0.25, 0.3) is 11.8 Å². The molecule has 0 N–H and O–H groups in total. The second-order valence-corrected chi connectivity index (χ2v) is 8.13. The molecule has 0 spiro atoms. The Morgan fingerprint density at radius 1 is 1.21 bits per heavy atom. The summed E-state index contributed by atoms with van der Waals surface area (Å²) >= 11 is 0. The minimum atomic E-state index is -3.02. The number of hydrogen-bond acceptors (Lipinski definition) is 4. The second-order valence-electron chi connectivity index (χ2n) is 8.13. The highest BCUT2D eigenvalue weighted by atomic mass is 19.3. The molecule has 3 heterocycles. The van der Waals surface area contributed by atoms with Crippen LogP contribution < -0.4 is 4.74 Å². The van der Waals surface area contributed by atoms with Gasteiger partial charge in [0.1, 0.15) is 11.3 Å². The molecule has 0 bridgehead atoms. The fourth-order valence-electron chi connectivity index (χ4n) is 4.72. The van der Waals surface area contributed by atoms with Crippen molar-refractivity contribution < 1.29 is 23.1 Å². The minimum Gasteiger partial charge on any atom is -0.497 e. The molecule has 3 amide bonds. The van der Waals surface area contributed by atoms with Gasteiger partial charge in [0.2, 0.25) is 0 Å². The first-order valence-corrected chi connectivity index (χ1v) is 9.65. The van der Waals surface area contributed by atoms with E-state index in [1.54, 1.807) is 7.11 Å². The van der Waals surface area contributed by atoms with Crippen molar-refractivity contribution in [3.63, 3.8) is 0 Å². The largest absolute Gasteiger partial charge is 0.497 e. The van der Waals surface area contributed by atoms with Crippen LogP contribution in [0.25, 0.3) is 0 Å². The first kappa shape index (κ1) is 19.1. The molecule has 28 heavy (non-hydrogen) atoms. The van der Waals surface area contributed by atoms with Gasteiger partial charge in [0.15, 0.2) is 0 Å². The van der Waals surface area contributed by atoms with Crippen molar-refractivity contribution in [1.82, 2.24) is 14.7 Å². The molecule has 3 aliphatic rings. The molecular weight excluding hydrogens is 368 g/mol. The molecule has 152 valence electrons. The number of imide groups is 1. The van der Waals surface area contributed by atoms with Crippen molar-refractivity contribution >= 4 is 11.9 Å². The van der Waals surface area contributed by atoms with Crippen LogP contribution in [0.15, 0.2) is 24.3 Å². The molecule has 4 rings (SSSR count). The SMILES string of the molecule is COc1cccc(C(CN2C(=O)N3CC(F)(F)CC3(C)C2=O)N2CCCC2)c1. The number of carbonyl (C=O) groups is 2. The summed E-state index contributed by atoms with van der Waals surface area (Å²) in [5, 5.41) is 0. The van der Waals surface area contributed by atoms with E-state index in [4.69, 9.17) is 4.74 Å². The van der Waals surface area contributed by atoms with Gasteiger partial charge >= 0.3 is 6.03 Å². The normalized spacial score (nSPS) is 28.1. The van der Waals surface area contributed by atoms with Gasteiger partial charge in [0.05, 0.1) is 26.2 Å². The summed E-state index contributed by atoms with van der Waals surface area (Å²) in [6, 6.07) is 6.78. The molecule has 3 saturated heterocycles. The highest BCUT2D eigenvalue weighted by molar-refractivity contribution is 6.07. The van der Waals surface area contributed by atoms with Crippen LogP contribution in [0.1, 0.15) is 37.8 Å². The van der Waals surface area contributed by atoms with Crippen LogP contribution in [-0.4, -0.2) is 71.4 Å². The average Bonchev–Trinajstić information content (AvgIpc) is 3.31. The van der Waals surface area contributed by atoms with Gasteiger partial charge in [0, 0.05) is 6.42 Å². The van der Waals surface area contributed by atoms with Crippen LogP contribution in [0, 0.1) is 0 Å². The van der Waals surface area contributed by atoms with Crippen molar-refractivity contribution in [2.45, 2.75) is 43.7 Å². The number of amides is 3.